The summed E-state index contributed by atoms with van der Waals surface area (Å²) in [5.41, 5.74) is 3.90. The summed E-state index contributed by atoms with van der Waals surface area (Å²) >= 11 is 0. The van der Waals surface area contributed by atoms with Crippen LogP contribution in [0.5, 0.6) is 0 Å². The van der Waals surface area contributed by atoms with Crippen molar-refractivity contribution in [2.75, 3.05) is 19.6 Å². The summed E-state index contributed by atoms with van der Waals surface area (Å²) in [6.45, 7) is 5.41. The molecule has 1 amide bonds. The van der Waals surface area contributed by atoms with Crippen LogP contribution in [0, 0.1) is 17.8 Å². The molecular weight excluding hydrogens is 420 g/mol. The number of carbonyl (C=O) groups excluding carboxylic acids is 2. The van der Waals surface area contributed by atoms with Crippen molar-refractivity contribution >= 4 is 11.7 Å². The summed E-state index contributed by atoms with van der Waals surface area (Å²) in [5, 5.41) is 0. The smallest absolute Gasteiger partial charge is 0.230 e. The van der Waals surface area contributed by atoms with Gasteiger partial charge in [0.15, 0.2) is 0 Å². The van der Waals surface area contributed by atoms with Crippen molar-refractivity contribution in [2.45, 2.75) is 89.1 Å². The van der Waals surface area contributed by atoms with Gasteiger partial charge in [-0.15, -0.1) is 0 Å². The van der Waals surface area contributed by atoms with Crippen LogP contribution in [0.15, 0.2) is 35.9 Å². The minimum atomic E-state index is -0.120. The number of hydrogen-bond donors (Lipinski definition) is 0. The van der Waals surface area contributed by atoms with Gasteiger partial charge < -0.3 is 4.90 Å². The first-order valence-electron chi connectivity index (χ1n) is 13.9. The lowest BCUT2D eigenvalue weighted by Gasteiger charge is -2.55. The molecule has 0 aromatic heterocycles. The van der Waals surface area contributed by atoms with Crippen molar-refractivity contribution in [3.63, 3.8) is 0 Å². The van der Waals surface area contributed by atoms with E-state index in [1.165, 1.54) is 50.8 Å². The Balaban J connectivity index is 1.17. The van der Waals surface area contributed by atoms with Crippen molar-refractivity contribution in [2.24, 2.45) is 17.8 Å². The van der Waals surface area contributed by atoms with Crippen LogP contribution in [0.3, 0.4) is 0 Å². The molecule has 182 valence electrons. The van der Waals surface area contributed by atoms with Gasteiger partial charge >= 0.3 is 0 Å². The normalized spacial score (nSPS) is 34.3. The third kappa shape index (κ3) is 4.06. The van der Waals surface area contributed by atoms with E-state index in [0.29, 0.717) is 29.6 Å². The quantitative estimate of drug-likeness (QED) is 0.586. The number of benzene rings is 1. The second-order valence-electron chi connectivity index (χ2n) is 11.8. The maximum Gasteiger partial charge on any atom is 0.230 e. The third-order valence-corrected chi connectivity index (χ3v) is 9.70. The minimum absolute atomic E-state index is 0.120. The molecule has 6 atom stereocenters. The highest BCUT2D eigenvalue weighted by Gasteiger charge is 2.47. The summed E-state index contributed by atoms with van der Waals surface area (Å²) in [6, 6.07) is 9.63. The lowest BCUT2D eigenvalue weighted by molar-refractivity contribution is -0.137. The number of ketones is 1. The van der Waals surface area contributed by atoms with E-state index in [-0.39, 0.29) is 11.8 Å². The first-order chi connectivity index (χ1) is 16.6. The van der Waals surface area contributed by atoms with Gasteiger partial charge in [0.1, 0.15) is 5.78 Å². The molecule has 4 heteroatoms. The zero-order chi connectivity index (χ0) is 23.2. The number of nitrogens with zero attached hydrogens (tertiary/aromatic N) is 2. The number of fused-ring (bicyclic) bond motifs is 6. The van der Waals surface area contributed by atoms with Crippen molar-refractivity contribution < 1.29 is 9.59 Å². The number of likely N-dealkylation sites (tertiary alicyclic amines) is 1. The standard InChI is InChI=1S/C30H40N2O2/c1-20(22-12-10-21(11-13-22)16-23-6-4-9-28(23)33)30(34)32-15-5-7-24-17-25-18-26(29(24)32)19-31-14-3-2-8-27(25)31/h10-13,17,20,23,25-27,29H,2-9,14-16,18-19H2,1H3/t20-,23+,25+,26+,27+,29-/m1/s1. The van der Waals surface area contributed by atoms with Gasteiger partial charge in [-0.1, -0.05) is 42.3 Å². The van der Waals surface area contributed by atoms with Crippen LogP contribution in [0.1, 0.15) is 81.8 Å². The predicted molar refractivity (Wildman–Crippen MR) is 135 cm³/mol. The molecule has 34 heavy (non-hydrogen) atoms. The fourth-order valence-electron chi connectivity index (χ4n) is 7.94. The molecule has 3 heterocycles. The predicted octanol–water partition coefficient (Wildman–Crippen LogP) is 5.12. The molecule has 1 aromatic carbocycles. The number of carbonyl (C=O) groups is 2. The molecule has 3 aliphatic heterocycles. The number of amides is 1. The Morgan fingerprint density at radius 3 is 2.68 bits per heavy atom. The van der Waals surface area contributed by atoms with Gasteiger partial charge in [-0.3, -0.25) is 14.5 Å². The van der Waals surface area contributed by atoms with E-state index in [9.17, 15) is 9.59 Å². The Morgan fingerprint density at radius 1 is 1.03 bits per heavy atom. The van der Waals surface area contributed by atoms with Gasteiger partial charge in [0.25, 0.3) is 0 Å². The highest BCUT2D eigenvalue weighted by atomic mass is 16.2. The first kappa shape index (κ1) is 22.5. The van der Waals surface area contributed by atoms with Crippen LogP contribution in [0.2, 0.25) is 0 Å². The summed E-state index contributed by atoms with van der Waals surface area (Å²) in [6.07, 6.45) is 13.9. The Hall–Kier alpha value is -1.94. The Kier molecular flexibility index (Phi) is 6.13. The van der Waals surface area contributed by atoms with Crippen LogP contribution in [-0.2, 0) is 16.0 Å². The van der Waals surface area contributed by atoms with Gasteiger partial charge in [0, 0.05) is 31.5 Å². The molecule has 1 saturated carbocycles. The Morgan fingerprint density at radius 2 is 1.88 bits per heavy atom. The lowest BCUT2D eigenvalue weighted by Crippen LogP contribution is -2.60. The van der Waals surface area contributed by atoms with Crippen molar-refractivity contribution in [3.8, 4) is 0 Å². The van der Waals surface area contributed by atoms with E-state index in [2.05, 4.69) is 47.1 Å². The molecule has 2 aliphatic carbocycles. The van der Waals surface area contributed by atoms with E-state index in [1.54, 1.807) is 5.57 Å². The van der Waals surface area contributed by atoms with Gasteiger partial charge in [0.2, 0.25) is 5.91 Å². The molecular formula is C30H40N2O2. The Bertz CT molecular complexity index is 967. The highest BCUT2D eigenvalue weighted by molar-refractivity contribution is 5.84. The van der Waals surface area contributed by atoms with Crippen LogP contribution in [0.25, 0.3) is 0 Å². The van der Waals surface area contributed by atoms with Crippen molar-refractivity contribution in [1.29, 1.82) is 0 Å². The molecule has 0 N–H and O–H groups in total. The van der Waals surface area contributed by atoms with E-state index in [1.807, 2.05) is 0 Å². The average Bonchev–Trinajstić information content (AvgIpc) is 3.27. The summed E-state index contributed by atoms with van der Waals surface area (Å²) < 4.78 is 0. The molecule has 6 rings (SSSR count). The second kappa shape index (κ2) is 9.26. The molecule has 1 aromatic rings. The minimum Gasteiger partial charge on any atom is -0.335 e. The zero-order valence-corrected chi connectivity index (χ0v) is 20.8. The summed E-state index contributed by atoms with van der Waals surface area (Å²) in [5.74, 6) is 2.11. The van der Waals surface area contributed by atoms with Gasteiger partial charge in [-0.05, 0) is 87.8 Å². The third-order valence-electron chi connectivity index (χ3n) is 9.70. The second-order valence-corrected chi connectivity index (χ2v) is 11.8. The van der Waals surface area contributed by atoms with Crippen LogP contribution in [0.4, 0.5) is 0 Å². The van der Waals surface area contributed by atoms with E-state index in [4.69, 9.17) is 0 Å². The summed E-state index contributed by atoms with van der Waals surface area (Å²) in [4.78, 5) is 30.9. The average molecular weight is 461 g/mol. The SMILES string of the molecule is C[C@@H](C(=O)N1CCCC2=C[C@H]3C[C@@H](CN4CCCC[C@@H]34)[C@@H]21)c1ccc(C[C@@H]2CCCC2=O)cc1. The Labute approximate surface area is 204 Å². The fraction of sp³-hybridized carbons (Fsp3) is 0.667. The van der Waals surface area contributed by atoms with E-state index >= 15 is 0 Å². The number of hydrogen-bond acceptors (Lipinski definition) is 3. The van der Waals surface area contributed by atoms with Gasteiger partial charge in [-0.25, -0.2) is 0 Å². The van der Waals surface area contributed by atoms with Gasteiger partial charge in [0.05, 0.1) is 12.0 Å². The maximum absolute atomic E-state index is 13.8. The molecule has 0 unspecified atom stereocenters. The van der Waals surface area contributed by atoms with Crippen LogP contribution >= 0.6 is 0 Å². The monoisotopic (exact) mass is 460 g/mol. The number of Topliss-reactive ketones (excluding diaryl/α,β-unsaturated/α-hetero) is 1. The molecule has 4 fully saturated rings. The lowest BCUT2D eigenvalue weighted by atomic mass is 9.68. The maximum atomic E-state index is 13.8. The van der Waals surface area contributed by atoms with E-state index < -0.39 is 0 Å². The zero-order valence-electron chi connectivity index (χ0n) is 20.8. The fourth-order valence-corrected chi connectivity index (χ4v) is 7.94. The van der Waals surface area contributed by atoms with Crippen molar-refractivity contribution in [1.82, 2.24) is 9.80 Å². The molecule has 0 radical (unpaired) electrons. The molecule has 2 bridgehead atoms. The topological polar surface area (TPSA) is 40.6 Å². The molecule has 5 aliphatic rings. The summed E-state index contributed by atoms with van der Waals surface area (Å²) in [7, 11) is 0. The highest BCUT2D eigenvalue weighted by Crippen LogP contribution is 2.45. The number of piperidine rings is 3. The number of rotatable bonds is 4. The van der Waals surface area contributed by atoms with Gasteiger partial charge in [-0.2, -0.15) is 0 Å². The van der Waals surface area contributed by atoms with Crippen LogP contribution < -0.4 is 0 Å². The van der Waals surface area contributed by atoms with E-state index in [0.717, 1.165) is 50.3 Å². The largest absolute Gasteiger partial charge is 0.335 e. The molecule has 0 spiro atoms. The first-order valence-corrected chi connectivity index (χ1v) is 13.9. The molecule has 3 saturated heterocycles. The molecule has 4 nitrogen and oxygen atoms in total. The van der Waals surface area contributed by atoms with Crippen LogP contribution in [-0.4, -0.2) is 53.2 Å². The van der Waals surface area contributed by atoms with Crippen molar-refractivity contribution in [3.05, 3.63) is 47.0 Å².